The first-order chi connectivity index (χ1) is 8.59. The average Bonchev–Trinajstić information content (AvgIpc) is 2.31. The normalized spacial score (nSPS) is 12.9. The molecule has 1 rings (SSSR count). The molecule has 1 heteroatoms. The Morgan fingerprint density at radius 1 is 0.944 bits per heavy atom. The zero-order chi connectivity index (χ0) is 13.4. The number of aromatic hydroxyl groups is 1. The highest BCUT2D eigenvalue weighted by molar-refractivity contribution is 5.31. The van der Waals surface area contributed by atoms with E-state index in [9.17, 15) is 5.11 Å². The van der Waals surface area contributed by atoms with Gasteiger partial charge >= 0.3 is 0 Å². The number of hydrogen-bond donors (Lipinski definition) is 1. The molecule has 0 aliphatic rings. The second-order valence-corrected chi connectivity index (χ2v) is 5.97. The SMILES string of the molecule is CC(C)CCCCCC(C)Cc1ccccc1O. The monoisotopic (exact) mass is 248 g/mol. The summed E-state index contributed by atoms with van der Waals surface area (Å²) in [5.41, 5.74) is 1.09. The van der Waals surface area contributed by atoms with Crippen LogP contribution in [0, 0.1) is 11.8 Å². The van der Waals surface area contributed by atoms with E-state index in [0.717, 1.165) is 17.9 Å². The van der Waals surface area contributed by atoms with Crippen molar-refractivity contribution < 1.29 is 5.11 Å². The third-order valence-corrected chi connectivity index (χ3v) is 3.54. The van der Waals surface area contributed by atoms with Crippen LogP contribution < -0.4 is 0 Å². The maximum absolute atomic E-state index is 9.73. The number of para-hydroxylation sites is 1. The van der Waals surface area contributed by atoms with Gasteiger partial charge < -0.3 is 5.11 Å². The largest absolute Gasteiger partial charge is 0.508 e. The van der Waals surface area contributed by atoms with E-state index in [1.54, 1.807) is 6.07 Å². The second-order valence-electron chi connectivity index (χ2n) is 5.97. The van der Waals surface area contributed by atoms with Crippen molar-refractivity contribution in [1.29, 1.82) is 0 Å². The van der Waals surface area contributed by atoms with Crippen LogP contribution in [0.4, 0.5) is 0 Å². The fourth-order valence-electron chi connectivity index (χ4n) is 2.38. The molecule has 0 spiro atoms. The minimum Gasteiger partial charge on any atom is -0.508 e. The smallest absolute Gasteiger partial charge is 0.118 e. The van der Waals surface area contributed by atoms with E-state index >= 15 is 0 Å². The van der Waals surface area contributed by atoms with Gasteiger partial charge in [0, 0.05) is 0 Å². The van der Waals surface area contributed by atoms with Gasteiger partial charge in [-0.25, -0.2) is 0 Å². The molecule has 0 amide bonds. The number of unbranched alkanes of at least 4 members (excludes halogenated alkanes) is 2. The molecule has 1 aromatic rings. The van der Waals surface area contributed by atoms with E-state index in [-0.39, 0.29) is 0 Å². The summed E-state index contributed by atoms with van der Waals surface area (Å²) in [6.45, 7) is 6.87. The van der Waals surface area contributed by atoms with E-state index in [2.05, 4.69) is 20.8 Å². The summed E-state index contributed by atoms with van der Waals surface area (Å²) in [5, 5.41) is 9.73. The maximum atomic E-state index is 9.73. The van der Waals surface area contributed by atoms with Crippen molar-refractivity contribution in [3.8, 4) is 5.75 Å². The molecule has 0 aromatic heterocycles. The predicted molar refractivity (Wildman–Crippen MR) is 78.9 cm³/mol. The molecule has 1 aromatic carbocycles. The number of benzene rings is 1. The summed E-state index contributed by atoms with van der Waals surface area (Å²) in [4.78, 5) is 0. The van der Waals surface area contributed by atoms with Gasteiger partial charge in [0.25, 0.3) is 0 Å². The van der Waals surface area contributed by atoms with E-state index in [1.807, 2.05) is 18.2 Å². The van der Waals surface area contributed by atoms with Crippen molar-refractivity contribution in [3.05, 3.63) is 29.8 Å². The lowest BCUT2D eigenvalue weighted by Gasteiger charge is -2.12. The van der Waals surface area contributed by atoms with Crippen LogP contribution in [-0.4, -0.2) is 5.11 Å². The maximum Gasteiger partial charge on any atom is 0.118 e. The summed E-state index contributed by atoms with van der Waals surface area (Å²) < 4.78 is 0. The van der Waals surface area contributed by atoms with E-state index in [0.29, 0.717) is 11.7 Å². The topological polar surface area (TPSA) is 20.2 Å². The van der Waals surface area contributed by atoms with Crippen molar-refractivity contribution in [1.82, 2.24) is 0 Å². The number of phenolic OH excluding ortho intramolecular Hbond substituents is 1. The lowest BCUT2D eigenvalue weighted by molar-refractivity contribution is 0.441. The van der Waals surface area contributed by atoms with Crippen LogP contribution in [0.3, 0.4) is 0 Å². The Hall–Kier alpha value is -0.980. The Balaban J connectivity index is 2.18. The molecule has 0 saturated heterocycles. The Morgan fingerprint density at radius 2 is 1.61 bits per heavy atom. The van der Waals surface area contributed by atoms with Gasteiger partial charge in [-0.3, -0.25) is 0 Å². The van der Waals surface area contributed by atoms with Crippen LogP contribution in [0.5, 0.6) is 5.75 Å². The van der Waals surface area contributed by atoms with Gasteiger partial charge in [0.1, 0.15) is 5.75 Å². The molecule has 1 atom stereocenters. The summed E-state index contributed by atoms with van der Waals surface area (Å²) in [6.07, 6.45) is 7.66. The summed E-state index contributed by atoms with van der Waals surface area (Å²) in [6, 6.07) is 7.70. The molecule has 0 aliphatic heterocycles. The number of hydrogen-bond acceptors (Lipinski definition) is 1. The van der Waals surface area contributed by atoms with Gasteiger partial charge in [-0.15, -0.1) is 0 Å². The molecular weight excluding hydrogens is 220 g/mol. The van der Waals surface area contributed by atoms with E-state index < -0.39 is 0 Å². The van der Waals surface area contributed by atoms with Crippen molar-refractivity contribution in [2.24, 2.45) is 11.8 Å². The molecule has 102 valence electrons. The van der Waals surface area contributed by atoms with Gasteiger partial charge in [0.15, 0.2) is 0 Å². The third kappa shape index (κ3) is 6.09. The van der Waals surface area contributed by atoms with E-state index in [1.165, 1.54) is 32.1 Å². The first kappa shape index (κ1) is 15.1. The zero-order valence-electron chi connectivity index (χ0n) is 12.2. The van der Waals surface area contributed by atoms with Crippen LogP contribution in [-0.2, 0) is 6.42 Å². The minimum absolute atomic E-state index is 0.448. The van der Waals surface area contributed by atoms with Gasteiger partial charge in [0.05, 0.1) is 0 Å². The molecule has 1 unspecified atom stereocenters. The van der Waals surface area contributed by atoms with Crippen LogP contribution >= 0.6 is 0 Å². The minimum atomic E-state index is 0.448. The molecular formula is C17H28O. The molecule has 0 bridgehead atoms. The summed E-state index contributed by atoms with van der Waals surface area (Å²) >= 11 is 0. The molecule has 0 heterocycles. The Bertz CT molecular complexity index is 330. The quantitative estimate of drug-likeness (QED) is 0.629. The first-order valence-electron chi connectivity index (χ1n) is 7.36. The van der Waals surface area contributed by atoms with Gasteiger partial charge in [-0.1, -0.05) is 71.1 Å². The molecule has 1 nitrogen and oxygen atoms in total. The first-order valence-corrected chi connectivity index (χ1v) is 7.36. The van der Waals surface area contributed by atoms with Crippen LogP contribution in [0.15, 0.2) is 24.3 Å². The fraction of sp³-hybridized carbons (Fsp3) is 0.647. The molecule has 0 aliphatic carbocycles. The Morgan fingerprint density at radius 3 is 2.28 bits per heavy atom. The van der Waals surface area contributed by atoms with Crippen LogP contribution in [0.2, 0.25) is 0 Å². The van der Waals surface area contributed by atoms with Gasteiger partial charge in [-0.2, -0.15) is 0 Å². The summed E-state index contributed by atoms with van der Waals surface area (Å²) in [5.74, 6) is 1.95. The average molecular weight is 248 g/mol. The fourth-order valence-corrected chi connectivity index (χ4v) is 2.38. The van der Waals surface area contributed by atoms with Crippen LogP contribution in [0.1, 0.15) is 58.4 Å². The highest BCUT2D eigenvalue weighted by atomic mass is 16.3. The lowest BCUT2D eigenvalue weighted by Crippen LogP contribution is -2.00. The molecule has 18 heavy (non-hydrogen) atoms. The van der Waals surface area contributed by atoms with Gasteiger partial charge in [0.2, 0.25) is 0 Å². The lowest BCUT2D eigenvalue weighted by atomic mass is 9.94. The highest BCUT2D eigenvalue weighted by Gasteiger charge is 2.06. The molecule has 0 radical (unpaired) electrons. The molecule has 0 saturated carbocycles. The Kier molecular flexibility index (Phi) is 6.85. The van der Waals surface area contributed by atoms with Crippen molar-refractivity contribution in [2.75, 3.05) is 0 Å². The van der Waals surface area contributed by atoms with E-state index in [4.69, 9.17) is 0 Å². The van der Waals surface area contributed by atoms with Crippen LogP contribution in [0.25, 0.3) is 0 Å². The van der Waals surface area contributed by atoms with Crippen molar-refractivity contribution >= 4 is 0 Å². The van der Waals surface area contributed by atoms with Gasteiger partial charge in [-0.05, 0) is 29.9 Å². The summed E-state index contributed by atoms with van der Waals surface area (Å²) in [7, 11) is 0. The highest BCUT2D eigenvalue weighted by Crippen LogP contribution is 2.22. The van der Waals surface area contributed by atoms with Crippen molar-refractivity contribution in [3.63, 3.8) is 0 Å². The number of rotatable bonds is 8. The molecule has 0 fully saturated rings. The Labute approximate surface area is 112 Å². The number of phenols is 1. The second kappa shape index (κ2) is 8.18. The zero-order valence-corrected chi connectivity index (χ0v) is 12.2. The molecule has 1 N–H and O–H groups in total. The van der Waals surface area contributed by atoms with Crippen molar-refractivity contribution in [2.45, 2.75) is 59.3 Å². The third-order valence-electron chi connectivity index (χ3n) is 3.54. The standard InChI is InChI=1S/C17H28O/c1-14(2)9-5-4-6-10-15(3)13-16-11-7-8-12-17(16)18/h7-8,11-12,14-15,18H,4-6,9-10,13H2,1-3H3. The predicted octanol–water partition coefficient (Wildman–Crippen LogP) is 5.18.